The smallest absolute Gasteiger partial charge is 0.270 e. The van der Waals surface area contributed by atoms with E-state index in [9.17, 15) is 24.0 Å². The highest BCUT2D eigenvalue weighted by atomic mass is 19.3. The second-order valence-electron chi connectivity index (χ2n) is 4.39. The normalized spacial score (nSPS) is 10.7. The molecule has 5 nitrogen and oxygen atoms in total. The zero-order valence-electron chi connectivity index (χ0n) is 10.9. The Kier molecular flexibility index (Phi) is 4.02. The molecule has 2 aromatic rings. The molecular weight excluding hydrogens is 284 g/mol. The van der Waals surface area contributed by atoms with Crippen LogP contribution in [0, 0.1) is 17.0 Å². The molecule has 21 heavy (non-hydrogen) atoms. The highest BCUT2D eigenvalue weighted by molar-refractivity contribution is 5.47. The lowest BCUT2D eigenvalue weighted by Crippen LogP contribution is -1.96. The average molecular weight is 295 g/mol. The lowest BCUT2D eigenvalue weighted by Gasteiger charge is -2.11. The van der Waals surface area contributed by atoms with Crippen molar-refractivity contribution in [2.75, 3.05) is 0 Å². The number of benzene rings is 2. The maximum Gasteiger partial charge on any atom is 0.270 e. The number of halogens is 2. The van der Waals surface area contributed by atoms with E-state index in [2.05, 4.69) is 0 Å². The van der Waals surface area contributed by atoms with E-state index in [-0.39, 0.29) is 17.2 Å². The van der Waals surface area contributed by atoms with Crippen molar-refractivity contribution in [1.82, 2.24) is 0 Å². The van der Waals surface area contributed by atoms with Gasteiger partial charge in [-0.15, -0.1) is 0 Å². The van der Waals surface area contributed by atoms with Gasteiger partial charge in [-0.2, -0.15) is 0 Å². The number of alkyl halides is 2. The zero-order chi connectivity index (χ0) is 15.6. The summed E-state index contributed by atoms with van der Waals surface area (Å²) in [5.41, 5.74) is -0.333. The number of non-ortho nitro benzene ring substituents is 1. The molecule has 0 bridgehead atoms. The average Bonchev–Trinajstić information content (AvgIpc) is 2.37. The molecule has 0 spiro atoms. The molecule has 110 valence electrons. The van der Waals surface area contributed by atoms with Crippen molar-refractivity contribution in [2.45, 2.75) is 13.3 Å². The van der Waals surface area contributed by atoms with Gasteiger partial charge in [0.2, 0.25) is 0 Å². The molecule has 2 aromatic carbocycles. The summed E-state index contributed by atoms with van der Waals surface area (Å²) >= 11 is 0. The number of aryl methyl sites for hydroxylation is 1. The molecule has 0 amide bonds. The van der Waals surface area contributed by atoms with Crippen molar-refractivity contribution in [3.05, 3.63) is 57.6 Å². The molecule has 0 aromatic heterocycles. The van der Waals surface area contributed by atoms with Crippen LogP contribution >= 0.6 is 0 Å². The maximum atomic E-state index is 13.0. The minimum atomic E-state index is -2.92. The summed E-state index contributed by atoms with van der Waals surface area (Å²) in [5.74, 6) is -0.0886. The van der Waals surface area contributed by atoms with Crippen LogP contribution < -0.4 is 4.74 Å². The van der Waals surface area contributed by atoms with Crippen molar-refractivity contribution in [3.63, 3.8) is 0 Å². The van der Waals surface area contributed by atoms with E-state index in [1.807, 2.05) is 0 Å². The number of nitro groups is 1. The number of phenols is 1. The SMILES string of the molecule is Cc1cc(O)cc(Oc2ccc([N+](=O)[O-])cc2C(F)F)c1. The Balaban J connectivity index is 2.41. The monoisotopic (exact) mass is 295 g/mol. The first kappa shape index (κ1) is 14.7. The summed E-state index contributed by atoms with van der Waals surface area (Å²) in [6.07, 6.45) is -2.92. The van der Waals surface area contributed by atoms with Crippen LogP contribution in [-0.4, -0.2) is 10.0 Å². The predicted octanol–water partition coefficient (Wildman–Crippen LogP) is 4.34. The van der Waals surface area contributed by atoms with E-state index in [1.54, 1.807) is 13.0 Å². The number of aromatic hydroxyl groups is 1. The second-order valence-corrected chi connectivity index (χ2v) is 4.39. The molecule has 0 fully saturated rings. The zero-order valence-corrected chi connectivity index (χ0v) is 10.9. The summed E-state index contributed by atoms with van der Waals surface area (Å²) in [6, 6.07) is 7.27. The Morgan fingerprint density at radius 1 is 1.24 bits per heavy atom. The fraction of sp³-hybridized carbons (Fsp3) is 0.143. The van der Waals surface area contributed by atoms with Crippen molar-refractivity contribution in [1.29, 1.82) is 0 Å². The van der Waals surface area contributed by atoms with Gasteiger partial charge in [0.1, 0.15) is 17.2 Å². The van der Waals surface area contributed by atoms with Gasteiger partial charge in [0.05, 0.1) is 10.5 Å². The Morgan fingerprint density at radius 2 is 1.95 bits per heavy atom. The highest BCUT2D eigenvalue weighted by Crippen LogP contribution is 2.36. The van der Waals surface area contributed by atoms with Crippen LogP contribution in [0.4, 0.5) is 14.5 Å². The van der Waals surface area contributed by atoms with Crippen LogP contribution in [0.5, 0.6) is 17.2 Å². The Labute approximate surface area is 118 Å². The van der Waals surface area contributed by atoms with Gasteiger partial charge >= 0.3 is 0 Å². The summed E-state index contributed by atoms with van der Waals surface area (Å²) in [7, 11) is 0. The molecule has 0 radical (unpaired) electrons. The Morgan fingerprint density at radius 3 is 2.52 bits per heavy atom. The molecule has 0 saturated carbocycles. The molecule has 0 aliphatic rings. The molecule has 1 N–H and O–H groups in total. The molecule has 2 rings (SSSR count). The van der Waals surface area contributed by atoms with E-state index >= 15 is 0 Å². The third-order valence-electron chi connectivity index (χ3n) is 2.70. The predicted molar refractivity (Wildman–Crippen MR) is 71.0 cm³/mol. The van der Waals surface area contributed by atoms with Gasteiger partial charge in [-0.1, -0.05) is 0 Å². The van der Waals surface area contributed by atoms with E-state index in [0.717, 1.165) is 18.2 Å². The van der Waals surface area contributed by atoms with Crippen LogP contribution in [0.2, 0.25) is 0 Å². The van der Waals surface area contributed by atoms with E-state index in [4.69, 9.17) is 4.74 Å². The summed E-state index contributed by atoms with van der Waals surface area (Å²) in [6.45, 7) is 1.70. The van der Waals surface area contributed by atoms with Crippen molar-refractivity contribution >= 4 is 5.69 Å². The number of hydrogen-bond donors (Lipinski definition) is 1. The largest absolute Gasteiger partial charge is 0.508 e. The molecule has 0 saturated heterocycles. The van der Waals surface area contributed by atoms with Gasteiger partial charge in [-0.25, -0.2) is 8.78 Å². The van der Waals surface area contributed by atoms with Crippen molar-refractivity contribution < 1.29 is 23.5 Å². The van der Waals surface area contributed by atoms with Crippen LogP contribution in [0.1, 0.15) is 17.6 Å². The second kappa shape index (κ2) is 5.74. The number of rotatable bonds is 4. The lowest BCUT2D eigenvalue weighted by atomic mass is 10.1. The van der Waals surface area contributed by atoms with Gasteiger partial charge in [0, 0.05) is 18.2 Å². The highest BCUT2D eigenvalue weighted by Gasteiger charge is 2.19. The quantitative estimate of drug-likeness (QED) is 0.672. The molecule has 0 unspecified atom stereocenters. The Bertz CT molecular complexity index is 668. The number of nitro benzene ring substituents is 1. The van der Waals surface area contributed by atoms with Crippen molar-refractivity contribution in [2.24, 2.45) is 0 Å². The fourth-order valence-electron chi connectivity index (χ4n) is 1.83. The molecule has 0 aliphatic carbocycles. The van der Waals surface area contributed by atoms with Crippen LogP contribution in [-0.2, 0) is 0 Å². The lowest BCUT2D eigenvalue weighted by molar-refractivity contribution is -0.385. The fourth-order valence-corrected chi connectivity index (χ4v) is 1.83. The molecule has 7 heteroatoms. The molecule has 0 aliphatic heterocycles. The first-order valence-corrected chi connectivity index (χ1v) is 5.92. The topological polar surface area (TPSA) is 72.6 Å². The summed E-state index contributed by atoms with van der Waals surface area (Å²) in [5, 5.41) is 20.1. The van der Waals surface area contributed by atoms with E-state index in [0.29, 0.717) is 5.56 Å². The molecule has 0 heterocycles. The molecular formula is C14H11F2NO4. The maximum absolute atomic E-state index is 13.0. The number of phenolic OH excluding ortho intramolecular Hbond substituents is 1. The van der Waals surface area contributed by atoms with Crippen LogP contribution in [0.15, 0.2) is 36.4 Å². The van der Waals surface area contributed by atoms with Gasteiger partial charge in [-0.3, -0.25) is 10.1 Å². The van der Waals surface area contributed by atoms with Gasteiger partial charge < -0.3 is 9.84 Å². The Hall–Kier alpha value is -2.70. The van der Waals surface area contributed by atoms with Gasteiger partial charge in [-0.05, 0) is 30.7 Å². The third-order valence-corrected chi connectivity index (χ3v) is 2.70. The standard InChI is InChI=1S/C14H11F2NO4/c1-8-4-10(18)7-11(5-8)21-13-3-2-9(17(19)20)6-12(13)14(15)16/h2-7,14,18H,1H3. The number of hydrogen-bond acceptors (Lipinski definition) is 4. The number of ether oxygens (including phenoxy) is 1. The van der Waals surface area contributed by atoms with Crippen molar-refractivity contribution in [3.8, 4) is 17.2 Å². The first-order valence-electron chi connectivity index (χ1n) is 5.92. The van der Waals surface area contributed by atoms with E-state index in [1.165, 1.54) is 12.1 Å². The van der Waals surface area contributed by atoms with Crippen LogP contribution in [0.25, 0.3) is 0 Å². The van der Waals surface area contributed by atoms with Gasteiger partial charge in [0.15, 0.2) is 0 Å². The minimum Gasteiger partial charge on any atom is -0.508 e. The summed E-state index contributed by atoms with van der Waals surface area (Å²) in [4.78, 5) is 9.87. The minimum absolute atomic E-state index is 0.0643. The van der Waals surface area contributed by atoms with Crippen LogP contribution in [0.3, 0.4) is 0 Å². The summed E-state index contributed by atoms with van der Waals surface area (Å²) < 4.78 is 31.3. The third kappa shape index (κ3) is 3.44. The van der Waals surface area contributed by atoms with E-state index < -0.39 is 22.6 Å². The first-order chi connectivity index (χ1) is 9.86. The number of nitrogens with zero attached hydrogens (tertiary/aromatic N) is 1. The van der Waals surface area contributed by atoms with Gasteiger partial charge in [0.25, 0.3) is 12.1 Å². The molecule has 0 atom stereocenters.